The van der Waals surface area contributed by atoms with E-state index in [1.165, 1.54) is 12.1 Å². The largest absolute Gasteiger partial charge is 0.492 e. The minimum atomic E-state index is -4.44. The molecule has 0 bridgehead atoms. The van der Waals surface area contributed by atoms with Gasteiger partial charge in [0.2, 0.25) is 5.91 Å². The topological polar surface area (TPSA) is 49.9 Å². The van der Waals surface area contributed by atoms with Crippen LogP contribution < -0.4 is 4.74 Å². The van der Waals surface area contributed by atoms with Crippen molar-refractivity contribution in [3.8, 4) is 5.75 Å². The molecule has 0 spiro atoms. The van der Waals surface area contributed by atoms with Gasteiger partial charge in [0.25, 0.3) is 5.91 Å². The van der Waals surface area contributed by atoms with Gasteiger partial charge in [-0.1, -0.05) is 23.7 Å². The van der Waals surface area contributed by atoms with Gasteiger partial charge < -0.3 is 14.5 Å². The highest BCUT2D eigenvalue weighted by atomic mass is 35.5. The highest BCUT2D eigenvalue weighted by Crippen LogP contribution is 2.29. The summed E-state index contributed by atoms with van der Waals surface area (Å²) in [5, 5.41) is 0.516. The average Bonchev–Trinajstić information content (AvgIpc) is 2.77. The van der Waals surface area contributed by atoms with Crippen molar-refractivity contribution in [2.45, 2.75) is 19.0 Å². The molecule has 5 nitrogen and oxygen atoms in total. The monoisotopic (exact) mass is 454 g/mol. The van der Waals surface area contributed by atoms with Crippen LogP contribution in [0.4, 0.5) is 13.2 Å². The van der Waals surface area contributed by atoms with Crippen LogP contribution in [0.3, 0.4) is 0 Å². The molecule has 0 saturated carbocycles. The second-order valence-electron chi connectivity index (χ2n) is 7.13. The molecule has 3 rings (SSSR count). The molecule has 0 N–H and O–H groups in total. The second kappa shape index (κ2) is 10.0. The number of benzene rings is 2. The lowest BCUT2D eigenvalue weighted by molar-refractivity contribution is -0.137. The normalized spacial score (nSPS) is 14.5. The summed E-state index contributed by atoms with van der Waals surface area (Å²) in [6.07, 6.45) is -3.59. The van der Waals surface area contributed by atoms with E-state index in [1.807, 2.05) is 6.07 Å². The van der Waals surface area contributed by atoms with Crippen molar-refractivity contribution >= 4 is 23.4 Å². The number of para-hydroxylation sites is 1. The molecular weight excluding hydrogens is 433 g/mol. The molecule has 0 aliphatic carbocycles. The number of halogens is 4. The first-order valence-corrected chi connectivity index (χ1v) is 10.2. The van der Waals surface area contributed by atoms with E-state index in [9.17, 15) is 22.8 Å². The minimum absolute atomic E-state index is 0.0237. The SMILES string of the molecule is O=C(CCCOc1ccccc1Cl)N1CCN(C(=O)c2ccc(C(F)(F)F)cc2)CC1. The molecule has 0 atom stereocenters. The molecule has 1 fully saturated rings. The predicted octanol–water partition coefficient (Wildman–Crippen LogP) is 4.50. The summed E-state index contributed by atoms with van der Waals surface area (Å²) < 4.78 is 43.6. The fraction of sp³-hybridized carbons (Fsp3) is 0.364. The van der Waals surface area contributed by atoms with E-state index in [0.29, 0.717) is 56.4 Å². The number of piperazine rings is 1. The van der Waals surface area contributed by atoms with Gasteiger partial charge in [-0.25, -0.2) is 0 Å². The first-order valence-electron chi connectivity index (χ1n) is 9.87. The number of hydrogen-bond donors (Lipinski definition) is 0. The Balaban J connectivity index is 1.42. The van der Waals surface area contributed by atoms with E-state index >= 15 is 0 Å². The second-order valence-corrected chi connectivity index (χ2v) is 7.54. The van der Waals surface area contributed by atoms with Crippen LogP contribution in [0.1, 0.15) is 28.8 Å². The number of alkyl halides is 3. The van der Waals surface area contributed by atoms with Crippen LogP contribution in [-0.2, 0) is 11.0 Å². The van der Waals surface area contributed by atoms with Crippen LogP contribution in [0.2, 0.25) is 5.02 Å². The third-order valence-electron chi connectivity index (χ3n) is 5.01. The maximum Gasteiger partial charge on any atom is 0.416 e. The number of carbonyl (C=O) groups is 2. The molecule has 1 aliphatic heterocycles. The maximum absolute atomic E-state index is 12.7. The lowest BCUT2D eigenvalue weighted by atomic mass is 10.1. The number of rotatable bonds is 6. The molecule has 0 unspecified atom stereocenters. The van der Waals surface area contributed by atoms with Crippen molar-refractivity contribution in [1.82, 2.24) is 9.80 Å². The van der Waals surface area contributed by atoms with Gasteiger partial charge in [-0.2, -0.15) is 13.2 Å². The Bertz CT molecular complexity index is 911. The maximum atomic E-state index is 12.7. The van der Waals surface area contributed by atoms with E-state index in [0.717, 1.165) is 12.1 Å². The summed E-state index contributed by atoms with van der Waals surface area (Å²) >= 11 is 6.02. The third kappa shape index (κ3) is 6.13. The van der Waals surface area contributed by atoms with Gasteiger partial charge in [0, 0.05) is 38.2 Å². The van der Waals surface area contributed by atoms with Crippen molar-refractivity contribution < 1.29 is 27.5 Å². The zero-order valence-corrected chi connectivity index (χ0v) is 17.5. The van der Waals surface area contributed by atoms with Crippen molar-refractivity contribution in [1.29, 1.82) is 0 Å². The Labute approximate surface area is 183 Å². The lowest BCUT2D eigenvalue weighted by Crippen LogP contribution is -2.50. The Morgan fingerprint density at radius 2 is 1.55 bits per heavy atom. The Morgan fingerprint density at radius 3 is 2.16 bits per heavy atom. The molecule has 1 heterocycles. The number of amides is 2. The van der Waals surface area contributed by atoms with Crippen LogP contribution in [0.5, 0.6) is 5.75 Å². The smallest absolute Gasteiger partial charge is 0.416 e. The number of nitrogens with zero attached hydrogens (tertiary/aromatic N) is 2. The van der Waals surface area contributed by atoms with E-state index in [4.69, 9.17) is 16.3 Å². The molecule has 0 radical (unpaired) electrons. The van der Waals surface area contributed by atoms with Crippen molar-refractivity contribution in [2.24, 2.45) is 0 Å². The fourth-order valence-corrected chi connectivity index (χ4v) is 3.46. The number of hydrogen-bond acceptors (Lipinski definition) is 3. The molecule has 166 valence electrons. The molecule has 2 aromatic rings. The summed E-state index contributed by atoms with van der Waals surface area (Å²) in [7, 11) is 0. The average molecular weight is 455 g/mol. The van der Waals surface area contributed by atoms with Crippen LogP contribution in [0.15, 0.2) is 48.5 Å². The molecule has 1 aliphatic rings. The highest BCUT2D eigenvalue weighted by Gasteiger charge is 2.31. The van der Waals surface area contributed by atoms with Crippen LogP contribution in [0.25, 0.3) is 0 Å². The molecule has 9 heteroatoms. The Kier molecular flexibility index (Phi) is 7.43. The van der Waals surface area contributed by atoms with Crippen molar-refractivity contribution in [3.63, 3.8) is 0 Å². The van der Waals surface area contributed by atoms with E-state index in [2.05, 4.69) is 0 Å². The van der Waals surface area contributed by atoms with Gasteiger partial charge in [-0.05, 0) is 42.8 Å². The lowest BCUT2D eigenvalue weighted by Gasteiger charge is -2.35. The molecule has 31 heavy (non-hydrogen) atoms. The zero-order valence-electron chi connectivity index (χ0n) is 16.7. The van der Waals surface area contributed by atoms with E-state index in [1.54, 1.807) is 28.0 Å². The summed E-state index contributed by atoms with van der Waals surface area (Å²) in [5.74, 6) is 0.213. The Morgan fingerprint density at radius 1 is 0.935 bits per heavy atom. The van der Waals surface area contributed by atoms with Crippen molar-refractivity contribution in [2.75, 3.05) is 32.8 Å². The summed E-state index contributed by atoms with van der Waals surface area (Å²) in [5.41, 5.74) is -0.595. The molecule has 2 aromatic carbocycles. The van der Waals surface area contributed by atoms with Gasteiger partial charge >= 0.3 is 6.18 Å². The van der Waals surface area contributed by atoms with Crippen LogP contribution >= 0.6 is 11.6 Å². The molecule has 2 amide bonds. The van der Waals surface area contributed by atoms with Gasteiger partial charge in [-0.3, -0.25) is 9.59 Å². The zero-order chi connectivity index (χ0) is 22.4. The molecule has 0 aromatic heterocycles. The molecular formula is C22H22ClF3N2O3. The number of carbonyl (C=O) groups excluding carboxylic acids is 2. The first kappa shape index (κ1) is 22.9. The van der Waals surface area contributed by atoms with Gasteiger partial charge in [0.05, 0.1) is 17.2 Å². The van der Waals surface area contributed by atoms with Gasteiger partial charge in [-0.15, -0.1) is 0 Å². The third-order valence-corrected chi connectivity index (χ3v) is 5.32. The predicted molar refractivity (Wildman–Crippen MR) is 110 cm³/mol. The standard InChI is InChI=1S/C22H22ClF3N2O3/c23-18-4-1-2-5-19(18)31-15-3-6-20(29)27-11-13-28(14-12-27)21(30)16-7-9-17(10-8-16)22(24,25)26/h1-2,4-5,7-10H,3,6,11-15H2. The molecule has 1 saturated heterocycles. The highest BCUT2D eigenvalue weighted by molar-refractivity contribution is 6.32. The van der Waals surface area contributed by atoms with E-state index in [-0.39, 0.29) is 17.4 Å². The van der Waals surface area contributed by atoms with Gasteiger partial charge in [0.15, 0.2) is 0 Å². The van der Waals surface area contributed by atoms with Crippen LogP contribution in [-0.4, -0.2) is 54.4 Å². The summed E-state index contributed by atoms with van der Waals surface area (Å²) in [6.45, 7) is 1.80. The first-order chi connectivity index (χ1) is 14.8. The quantitative estimate of drug-likeness (QED) is 0.604. The van der Waals surface area contributed by atoms with Crippen molar-refractivity contribution in [3.05, 3.63) is 64.7 Å². The summed E-state index contributed by atoms with van der Waals surface area (Å²) in [4.78, 5) is 28.1. The summed E-state index contributed by atoms with van der Waals surface area (Å²) in [6, 6.07) is 11.3. The Hall–Kier alpha value is -2.74. The fourth-order valence-electron chi connectivity index (χ4n) is 3.27. The van der Waals surface area contributed by atoms with Gasteiger partial charge in [0.1, 0.15) is 5.75 Å². The van der Waals surface area contributed by atoms with Crippen LogP contribution in [0, 0.1) is 0 Å². The number of ether oxygens (including phenoxy) is 1. The minimum Gasteiger partial charge on any atom is -0.492 e. The van der Waals surface area contributed by atoms with E-state index < -0.39 is 11.7 Å².